The molecule has 0 aliphatic rings. The van der Waals surface area contributed by atoms with E-state index >= 15 is 0 Å². The minimum absolute atomic E-state index is 0.0811. The lowest BCUT2D eigenvalue weighted by Gasteiger charge is -2.13. The maximum Gasteiger partial charge on any atom is 0.137 e. The molecule has 2 aromatic rings. The van der Waals surface area contributed by atoms with E-state index in [-0.39, 0.29) is 11.2 Å². The van der Waals surface area contributed by atoms with Gasteiger partial charge in [0.25, 0.3) is 0 Å². The second kappa shape index (κ2) is 5.82. The van der Waals surface area contributed by atoms with E-state index in [2.05, 4.69) is 52.4 Å². The Morgan fingerprint density at radius 1 is 1.35 bits per heavy atom. The van der Waals surface area contributed by atoms with E-state index in [1.54, 1.807) is 17.4 Å². The molecule has 20 heavy (non-hydrogen) atoms. The Hall–Kier alpha value is -0.940. The number of anilines is 1. The molecule has 0 bridgehead atoms. The zero-order valence-electron chi connectivity index (χ0n) is 12.1. The van der Waals surface area contributed by atoms with E-state index in [9.17, 15) is 4.39 Å². The summed E-state index contributed by atoms with van der Waals surface area (Å²) in [6.07, 6.45) is 0. The highest BCUT2D eigenvalue weighted by atomic mass is 79.9. The van der Waals surface area contributed by atoms with Crippen LogP contribution in [0.4, 0.5) is 10.1 Å². The molecule has 0 aliphatic carbocycles. The van der Waals surface area contributed by atoms with Crippen molar-refractivity contribution in [2.45, 2.75) is 39.7 Å². The molecule has 0 saturated carbocycles. The molecule has 2 rings (SSSR count). The minimum Gasteiger partial charge on any atom is -0.379 e. The summed E-state index contributed by atoms with van der Waals surface area (Å²) in [6.45, 7) is 9.00. The predicted molar refractivity (Wildman–Crippen MR) is 87.0 cm³/mol. The van der Waals surface area contributed by atoms with Crippen molar-refractivity contribution in [2.75, 3.05) is 5.32 Å². The first-order valence-corrected chi connectivity index (χ1v) is 8.09. The van der Waals surface area contributed by atoms with Crippen molar-refractivity contribution >= 4 is 33.0 Å². The molecule has 1 aromatic heterocycles. The van der Waals surface area contributed by atoms with Crippen LogP contribution in [-0.4, -0.2) is 4.98 Å². The van der Waals surface area contributed by atoms with Crippen LogP contribution in [0, 0.1) is 12.7 Å². The van der Waals surface area contributed by atoms with Gasteiger partial charge < -0.3 is 5.32 Å². The van der Waals surface area contributed by atoms with Gasteiger partial charge in [-0.2, -0.15) is 0 Å². The topological polar surface area (TPSA) is 24.9 Å². The third kappa shape index (κ3) is 3.58. The molecule has 0 amide bonds. The SMILES string of the molecule is Cc1cc(F)c(Br)cc1NCc1csc(C(C)(C)C)n1. The molecule has 0 saturated heterocycles. The quantitative estimate of drug-likeness (QED) is 0.810. The Morgan fingerprint density at radius 3 is 2.65 bits per heavy atom. The molecular formula is C15H18BrFN2S. The number of rotatable bonds is 3. The van der Waals surface area contributed by atoms with Gasteiger partial charge >= 0.3 is 0 Å². The first-order valence-electron chi connectivity index (χ1n) is 6.42. The second-order valence-corrected chi connectivity index (χ2v) is 7.54. The first kappa shape index (κ1) is 15.4. The first-order chi connectivity index (χ1) is 9.27. The number of nitrogens with one attached hydrogen (secondary N) is 1. The summed E-state index contributed by atoms with van der Waals surface area (Å²) in [4.78, 5) is 4.64. The van der Waals surface area contributed by atoms with Gasteiger partial charge in [0.1, 0.15) is 5.82 Å². The zero-order valence-corrected chi connectivity index (χ0v) is 14.5. The van der Waals surface area contributed by atoms with Crippen molar-refractivity contribution in [1.82, 2.24) is 4.98 Å². The second-order valence-electron chi connectivity index (χ2n) is 5.83. The van der Waals surface area contributed by atoms with E-state index in [1.807, 2.05) is 6.92 Å². The molecule has 0 spiro atoms. The monoisotopic (exact) mass is 356 g/mol. The van der Waals surface area contributed by atoms with Crippen molar-refractivity contribution in [3.63, 3.8) is 0 Å². The Labute approximate surface area is 131 Å². The minimum atomic E-state index is -0.239. The molecule has 2 nitrogen and oxygen atoms in total. The zero-order chi connectivity index (χ0) is 14.9. The molecule has 0 unspecified atom stereocenters. The Bertz CT molecular complexity index is 617. The highest BCUT2D eigenvalue weighted by Gasteiger charge is 2.17. The van der Waals surface area contributed by atoms with Crippen LogP contribution in [0.1, 0.15) is 37.0 Å². The van der Waals surface area contributed by atoms with Crippen LogP contribution in [0.15, 0.2) is 22.0 Å². The third-order valence-electron chi connectivity index (χ3n) is 2.92. The van der Waals surface area contributed by atoms with E-state index in [0.29, 0.717) is 11.0 Å². The standard InChI is InChI=1S/C15H18BrFN2S/c1-9-5-12(17)11(16)6-13(9)18-7-10-8-20-14(19-10)15(2,3)4/h5-6,8,18H,7H2,1-4H3. The van der Waals surface area contributed by atoms with Gasteiger partial charge in [-0.05, 0) is 40.5 Å². The van der Waals surface area contributed by atoms with Gasteiger partial charge in [-0.1, -0.05) is 20.8 Å². The number of hydrogen-bond acceptors (Lipinski definition) is 3. The molecule has 5 heteroatoms. The average molecular weight is 357 g/mol. The normalized spacial score (nSPS) is 11.7. The van der Waals surface area contributed by atoms with Gasteiger partial charge in [0, 0.05) is 16.5 Å². The summed E-state index contributed by atoms with van der Waals surface area (Å²) in [5.74, 6) is -0.239. The van der Waals surface area contributed by atoms with E-state index in [1.165, 1.54) is 6.07 Å². The Balaban J connectivity index is 2.09. The molecule has 0 atom stereocenters. The van der Waals surface area contributed by atoms with Crippen LogP contribution < -0.4 is 5.32 Å². The van der Waals surface area contributed by atoms with Crippen LogP contribution in [-0.2, 0) is 12.0 Å². The van der Waals surface area contributed by atoms with Crippen LogP contribution in [0.25, 0.3) is 0 Å². The summed E-state index contributed by atoms with van der Waals surface area (Å²) in [6, 6.07) is 3.29. The van der Waals surface area contributed by atoms with E-state index in [0.717, 1.165) is 22.0 Å². The van der Waals surface area contributed by atoms with Crippen molar-refractivity contribution in [3.8, 4) is 0 Å². The molecule has 108 valence electrons. The molecule has 1 aromatic carbocycles. The van der Waals surface area contributed by atoms with Crippen molar-refractivity contribution < 1.29 is 4.39 Å². The lowest BCUT2D eigenvalue weighted by molar-refractivity contribution is 0.583. The Morgan fingerprint density at radius 2 is 2.05 bits per heavy atom. The molecule has 1 N–H and O–H groups in total. The maximum atomic E-state index is 13.4. The summed E-state index contributed by atoms with van der Waals surface area (Å²) in [5.41, 5.74) is 2.90. The van der Waals surface area contributed by atoms with Gasteiger partial charge in [-0.25, -0.2) is 9.37 Å². The van der Waals surface area contributed by atoms with Crippen molar-refractivity contribution in [3.05, 3.63) is 44.1 Å². The fourth-order valence-corrected chi connectivity index (χ4v) is 3.01. The predicted octanol–water partition coefficient (Wildman–Crippen LogP) is 5.26. The van der Waals surface area contributed by atoms with Crippen molar-refractivity contribution in [1.29, 1.82) is 0 Å². The van der Waals surface area contributed by atoms with Crippen LogP contribution in [0.5, 0.6) is 0 Å². The highest BCUT2D eigenvalue weighted by Crippen LogP contribution is 2.27. The fraction of sp³-hybridized carbons (Fsp3) is 0.400. The van der Waals surface area contributed by atoms with Crippen LogP contribution in [0.3, 0.4) is 0 Å². The molecule has 0 fully saturated rings. The molecule has 0 radical (unpaired) electrons. The third-order valence-corrected chi connectivity index (χ3v) is 4.85. The van der Waals surface area contributed by atoms with Crippen LogP contribution >= 0.6 is 27.3 Å². The average Bonchev–Trinajstić information content (AvgIpc) is 2.80. The number of nitrogens with zero attached hydrogens (tertiary/aromatic N) is 1. The fourth-order valence-electron chi connectivity index (χ4n) is 1.76. The van der Waals surface area contributed by atoms with Gasteiger partial charge in [-0.3, -0.25) is 0 Å². The summed E-state index contributed by atoms with van der Waals surface area (Å²) < 4.78 is 13.8. The largest absolute Gasteiger partial charge is 0.379 e. The van der Waals surface area contributed by atoms with Crippen LogP contribution in [0.2, 0.25) is 0 Å². The number of benzene rings is 1. The lowest BCUT2D eigenvalue weighted by Crippen LogP contribution is -2.11. The Kier molecular flexibility index (Phi) is 4.49. The van der Waals surface area contributed by atoms with E-state index < -0.39 is 0 Å². The number of aryl methyl sites for hydroxylation is 1. The maximum absolute atomic E-state index is 13.4. The van der Waals surface area contributed by atoms with Crippen molar-refractivity contribution in [2.24, 2.45) is 0 Å². The number of thiazole rings is 1. The molecule has 0 aliphatic heterocycles. The number of aromatic nitrogens is 1. The summed E-state index contributed by atoms with van der Waals surface area (Å²) in [5, 5.41) is 6.51. The number of halogens is 2. The van der Waals surface area contributed by atoms with Gasteiger partial charge in [0.2, 0.25) is 0 Å². The number of hydrogen-bond donors (Lipinski definition) is 1. The van der Waals surface area contributed by atoms with E-state index in [4.69, 9.17) is 0 Å². The van der Waals surface area contributed by atoms with Gasteiger partial charge in [-0.15, -0.1) is 11.3 Å². The smallest absolute Gasteiger partial charge is 0.137 e. The summed E-state index contributed by atoms with van der Waals surface area (Å²) in [7, 11) is 0. The lowest BCUT2D eigenvalue weighted by atomic mass is 9.98. The summed E-state index contributed by atoms with van der Waals surface area (Å²) >= 11 is 4.89. The highest BCUT2D eigenvalue weighted by molar-refractivity contribution is 9.10. The van der Waals surface area contributed by atoms with Gasteiger partial charge in [0.15, 0.2) is 0 Å². The van der Waals surface area contributed by atoms with Gasteiger partial charge in [0.05, 0.1) is 21.7 Å². The molecular weight excluding hydrogens is 339 g/mol. The molecule has 1 heterocycles.